The third-order valence-electron chi connectivity index (χ3n) is 2.58. The van der Waals surface area contributed by atoms with Crippen LogP contribution < -0.4 is 4.74 Å². The molecule has 18 heavy (non-hydrogen) atoms. The van der Waals surface area contributed by atoms with E-state index in [-0.39, 0.29) is 6.61 Å². The number of hydrogen-bond acceptors (Lipinski definition) is 5. The molecule has 0 spiro atoms. The Hall–Kier alpha value is -1.88. The Morgan fingerprint density at radius 1 is 1.28 bits per heavy atom. The molecule has 5 heteroatoms. The van der Waals surface area contributed by atoms with Crippen LogP contribution in [0.3, 0.4) is 0 Å². The van der Waals surface area contributed by atoms with E-state index in [2.05, 4.69) is 10.2 Å². The second kappa shape index (κ2) is 5.64. The van der Waals surface area contributed by atoms with E-state index in [4.69, 9.17) is 9.15 Å². The van der Waals surface area contributed by atoms with Gasteiger partial charge in [-0.25, -0.2) is 0 Å². The number of ether oxygens (including phenoxy) is 1. The second-order valence-electron chi connectivity index (χ2n) is 4.00. The summed E-state index contributed by atoms with van der Waals surface area (Å²) in [6, 6.07) is 7.33. The van der Waals surface area contributed by atoms with Gasteiger partial charge in [-0.05, 0) is 24.1 Å². The van der Waals surface area contributed by atoms with Gasteiger partial charge in [-0.2, -0.15) is 0 Å². The van der Waals surface area contributed by atoms with Crippen molar-refractivity contribution in [2.24, 2.45) is 0 Å². The average Bonchev–Trinajstić information content (AvgIpc) is 2.82. The lowest BCUT2D eigenvalue weighted by molar-refractivity contribution is 0.173. The summed E-state index contributed by atoms with van der Waals surface area (Å²) in [6.45, 7) is 3.92. The number of nitrogens with zero attached hydrogens (tertiary/aromatic N) is 2. The molecule has 0 amide bonds. The highest BCUT2D eigenvalue weighted by atomic mass is 16.5. The molecule has 0 radical (unpaired) electrons. The molecule has 1 heterocycles. The SMILES string of the molecule is CCC(O)c1ccc(OCc2nnc(C)o2)cc1. The first-order chi connectivity index (χ1) is 8.69. The molecule has 1 aromatic carbocycles. The minimum Gasteiger partial charge on any atom is -0.484 e. The van der Waals surface area contributed by atoms with Gasteiger partial charge in [-0.1, -0.05) is 19.1 Å². The lowest BCUT2D eigenvalue weighted by Crippen LogP contribution is -1.97. The molecular formula is C13H16N2O3. The van der Waals surface area contributed by atoms with E-state index >= 15 is 0 Å². The van der Waals surface area contributed by atoms with Crippen LogP contribution in [0.25, 0.3) is 0 Å². The van der Waals surface area contributed by atoms with Crippen molar-refractivity contribution in [2.75, 3.05) is 0 Å². The van der Waals surface area contributed by atoms with Crippen molar-refractivity contribution in [3.63, 3.8) is 0 Å². The minimum atomic E-state index is -0.419. The predicted octanol–water partition coefficient (Wildman–Crippen LogP) is 2.40. The summed E-state index contributed by atoms with van der Waals surface area (Å²) in [7, 11) is 0. The molecule has 2 rings (SSSR count). The van der Waals surface area contributed by atoms with E-state index in [1.54, 1.807) is 6.92 Å². The third kappa shape index (κ3) is 3.07. The van der Waals surface area contributed by atoms with Crippen molar-refractivity contribution in [2.45, 2.75) is 33.0 Å². The maximum absolute atomic E-state index is 9.66. The van der Waals surface area contributed by atoms with Gasteiger partial charge >= 0.3 is 0 Å². The van der Waals surface area contributed by atoms with E-state index in [9.17, 15) is 5.11 Å². The average molecular weight is 248 g/mol. The predicted molar refractivity (Wildman–Crippen MR) is 65.1 cm³/mol. The largest absolute Gasteiger partial charge is 0.484 e. The molecule has 0 aliphatic carbocycles. The second-order valence-corrected chi connectivity index (χ2v) is 4.00. The molecule has 0 saturated heterocycles. The normalized spacial score (nSPS) is 12.4. The monoisotopic (exact) mass is 248 g/mol. The fraction of sp³-hybridized carbons (Fsp3) is 0.385. The highest BCUT2D eigenvalue weighted by molar-refractivity contribution is 5.28. The molecule has 0 saturated carbocycles. The Labute approximate surface area is 105 Å². The molecule has 1 unspecified atom stereocenters. The van der Waals surface area contributed by atoms with Crippen molar-refractivity contribution in [3.05, 3.63) is 41.6 Å². The Morgan fingerprint density at radius 2 is 2.00 bits per heavy atom. The molecule has 0 aliphatic heterocycles. The van der Waals surface area contributed by atoms with Crippen LogP contribution in [0.2, 0.25) is 0 Å². The van der Waals surface area contributed by atoms with E-state index in [1.807, 2.05) is 31.2 Å². The van der Waals surface area contributed by atoms with Gasteiger partial charge in [-0.3, -0.25) is 0 Å². The summed E-state index contributed by atoms with van der Waals surface area (Å²) in [4.78, 5) is 0. The fourth-order valence-electron chi connectivity index (χ4n) is 1.56. The summed E-state index contributed by atoms with van der Waals surface area (Å²) in [5.74, 6) is 1.68. The number of aliphatic hydroxyl groups excluding tert-OH is 1. The number of aromatic nitrogens is 2. The van der Waals surface area contributed by atoms with Crippen LogP contribution in [-0.2, 0) is 6.61 Å². The molecule has 1 aromatic heterocycles. The van der Waals surface area contributed by atoms with Gasteiger partial charge in [0.15, 0.2) is 6.61 Å². The van der Waals surface area contributed by atoms with Crippen LogP contribution in [0.4, 0.5) is 0 Å². The molecule has 0 aliphatic rings. The number of benzene rings is 1. The van der Waals surface area contributed by atoms with Crippen LogP contribution in [0, 0.1) is 6.92 Å². The van der Waals surface area contributed by atoms with Crippen LogP contribution in [0.1, 0.15) is 36.8 Å². The van der Waals surface area contributed by atoms with E-state index in [0.717, 1.165) is 5.56 Å². The van der Waals surface area contributed by atoms with Gasteiger partial charge in [0.1, 0.15) is 5.75 Å². The Morgan fingerprint density at radius 3 is 2.56 bits per heavy atom. The van der Waals surface area contributed by atoms with Crippen molar-refractivity contribution < 1.29 is 14.3 Å². The molecule has 96 valence electrons. The van der Waals surface area contributed by atoms with Crippen molar-refractivity contribution in [1.82, 2.24) is 10.2 Å². The maximum atomic E-state index is 9.66. The maximum Gasteiger partial charge on any atom is 0.253 e. The van der Waals surface area contributed by atoms with Gasteiger partial charge in [0, 0.05) is 6.92 Å². The van der Waals surface area contributed by atoms with Crippen LogP contribution in [-0.4, -0.2) is 15.3 Å². The zero-order valence-corrected chi connectivity index (χ0v) is 10.5. The lowest BCUT2D eigenvalue weighted by Gasteiger charge is -2.09. The van der Waals surface area contributed by atoms with Crippen LogP contribution >= 0.6 is 0 Å². The Balaban J connectivity index is 1.94. The quantitative estimate of drug-likeness (QED) is 0.879. The summed E-state index contributed by atoms with van der Waals surface area (Å²) in [5, 5.41) is 17.2. The minimum absolute atomic E-state index is 0.247. The molecule has 0 bridgehead atoms. The van der Waals surface area contributed by atoms with Crippen LogP contribution in [0.15, 0.2) is 28.7 Å². The molecule has 1 atom stereocenters. The van der Waals surface area contributed by atoms with Gasteiger partial charge in [0.25, 0.3) is 5.89 Å². The summed E-state index contributed by atoms with van der Waals surface area (Å²) in [5.41, 5.74) is 0.887. The summed E-state index contributed by atoms with van der Waals surface area (Å²) < 4.78 is 10.7. The first-order valence-corrected chi connectivity index (χ1v) is 5.89. The number of rotatable bonds is 5. The molecule has 2 aromatic rings. The van der Waals surface area contributed by atoms with Crippen molar-refractivity contribution in [1.29, 1.82) is 0 Å². The fourth-order valence-corrected chi connectivity index (χ4v) is 1.56. The van der Waals surface area contributed by atoms with Gasteiger partial charge in [0.2, 0.25) is 5.89 Å². The van der Waals surface area contributed by atoms with Gasteiger partial charge < -0.3 is 14.3 Å². The lowest BCUT2D eigenvalue weighted by atomic mass is 10.1. The Bertz CT molecular complexity index is 493. The highest BCUT2D eigenvalue weighted by Gasteiger charge is 2.06. The number of hydrogen-bond donors (Lipinski definition) is 1. The van der Waals surface area contributed by atoms with E-state index in [0.29, 0.717) is 24.0 Å². The van der Waals surface area contributed by atoms with Gasteiger partial charge in [0.05, 0.1) is 6.10 Å². The summed E-state index contributed by atoms with van der Waals surface area (Å²) >= 11 is 0. The zero-order chi connectivity index (χ0) is 13.0. The standard InChI is InChI=1S/C13H16N2O3/c1-3-12(16)10-4-6-11(7-5-10)17-8-13-15-14-9(2)18-13/h4-7,12,16H,3,8H2,1-2H3. The first kappa shape index (κ1) is 12.6. The van der Waals surface area contributed by atoms with Gasteiger partial charge in [-0.15, -0.1) is 10.2 Å². The number of aliphatic hydroxyl groups is 1. The van der Waals surface area contributed by atoms with Crippen molar-refractivity contribution in [3.8, 4) is 5.75 Å². The van der Waals surface area contributed by atoms with Crippen molar-refractivity contribution >= 4 is 0 Å². The third-order valence-corrected chi connectivity index (χ3v) is 2.58. The molecule has 1 N–H and O–H groups in total. The smallest absolute Gasteiger partial charge is 0.253 e. The summed E-state index contributed by atoms with van der Waals surface area (Å²) in [6.07, 6.45) is 0.277. The highest BCUT2D eigenvalue weighted by Crippen LogP contribution is 2.20. The number of aryl methyl sites for hydroxylation is 1. The molecular weight excluding hydrogens is 232 g/mol. The molecule has 5 nitrogen and oxygen atoms in total. The van der Waals surface area contributed by atoms with E-state index in [1.165, 1.54) is 0 Å². The van der Waals surface area contributed by atoms with Crippen LogP contribution in [0.5, 0.6) is 5.75 Å². The molecule has 0 fully saturated rings. The zero-order valence-electron chi connectivity index (χ0n) is 10.5. The first-order valence-electron chi connectivity index (χ1n) is 5.89. The Kier molecular flexibility index (Phi) is 3.94. The van der Waals surface area contributed by atoms with E-state index < -0.39 is 6.10 Å². The topological polar surface area (TPSA) is 68.4 Å².